The van der Waals surface area contributed by atoms with Crippen molar-refractivity contribution in [3.05, 3.63) is 60.0 Å². The first-order valence-electron chi connectivity index (χ1n) is 7.76. The van der Waals surface area contributed by atoms with Gasteiger partial charge in [-0.2, -0.15) is 0 Å². The van der Waals surface area contributed by atoms with Crippen LogP contribution < -0.4 is 20.5 Å². The van der Waals surface area contributed by atoms with Crippen molar-refractivity contribution in [2.24, 2.45) is 5.73 Å². The van der Waals surface area contributed by atoms with Gasteiger partial charge in [-0.05, 0) is 43.7 Å². The lowest BCUT2D eigenvalue weighted by atomic mass is 10.3. The predicted octanol–water partition coefficient (Wildman–Crippen LogP) is 1.63. The SMILES string of the molecule is CC(Oc1ccccc1OC1=CCC=C(N)C=C1)C(=O)NCCO. The van der Waals surface area contributed by atoms with Gasteiger partial charge in [-0.25, -0.2) is 0 Å². The molecular weight excluding hydrogens is 308 g/mol. The largest absolute Gasteiger partial charge is 0.477 e. The summed E-state index contributed by atoms with van der Waals surface area (Å²) < 4.78 is 11.6. The Balaban J connectivity index is 2.06. The van der Waals surface area contributed by atoms with Crippen LogP contribution in [0.5, 0.6) is 11.5 Å². The molecule has 1 aromatic carbocycles. The Morgan fingerprint density at radius 1 is 1.29 bits per heavy atom. The summed E-state index contributed by atoms with van der Waals surface area (Å²) in [7, 11) is 0. The monoisotopic (exact) mass is 330 g/mol. The normalized spacial score (nSPS) is 14.9. The second-order valence-corrected chi connectivity index (χ2v) is 5.20. The minimum absolute atomic E-state index is 0.115. The van der Waals surface area contributed by atoms with Gasteiger partial charge in [-0.15, -0.1) is 0 Å². The number of amides is 1. The fourth-order valence-corrected chi connectivity index (χ4v) is 2.03. The van der Waals surface area contributed by atoms with Crippen LogP contribution in [0.25, 0.3) is 0 Å². The van der Waals surface area contributed by atoms with Gasteiger partial charge in [0.1, 0.15) is 5.76 Å². The van der Waals surface area contributed by atoms with E-state index >= 15 is 0 Å². The van der Waals surface area contributed by atoms with Crippen LogP contribution in [-0.2, 0) is 4.79 Å². The molecule has 24 heavy (non-hydrogen) atoms. The Morgan fingerprint density at radius 3 is 2.79 bits per heavy atom. The van der Waals surface area contributed by atoms with Gasteiger partial charge in [0.25, 0.3) is 5.91 Å². The van der Waals surface area contributed by atoms with E-state index in [1.54, 1.807) is 37.3 Å². The standard InChI is InChI=1S/C18H22N2O4/c1-13(18(22)20-11-12-21)23-16-7-2-3-8-17(16)24-15-6-4-5-14(19)9-10-15/h2-3,5-10,13,21H,4,11-12,19H2,1H3,(H,20,22). The van der Waals surface area contributed by atoms with Crippen molar-refractivity contribution in [1.82, 2.24) is 5.32 Å². The topological polar surface area (TPSA) is 93.8 Å². The second kappa shape index (κ2) is 8.79. The molecule has 0 heterocycles. The van der Waals surface area contributed by atoms with Crippen molar-refractivity contribution in [2.45, 2.75) is 19.4 Å². The third-order valence-electron chi connectivity index (χ3n) is 3.27. The molecule has 1 amide bonds. The van der Waals surface area contributed by atoms with E-state index in [9.17, 15) is 4.79 Å². The molecule has 1 aliphatic rings. The highest BCUT2D eigenvalue weighted by Crippen LogP contribution is 2.29. The molecule has 1 unspecified atom stereocenters. The number of carbonyl (C=O) groups excluding carboxylic acids is 1. The van der Waals surface area contributed by atoms with Gasteiger partial charge < -0.3 is 25.6 Å². The number of hydrogen-bond acceptors (Lipinski definition) is 5. The number of aliphatic hydroxyl groups excluding tert-OH is 1. The highest BCUT2D eigenvalue weighted by Gasteiger charge is 2.16. The first kappa shape index (κ1) is 17.6. The Morgan fingerprint density at radius 2 is 2.04 bits per heavy atom. The van der Waals surface area contributed by atoms with Gasteiger partial charge >= 0.3 is 0 Å². The van der Waals surface area contributed by atoms with Crippen molar-refractivity contribution in [1.29, 1.82) is 0 Å². The molecule has 1 atom stereocenters. The van der Waals surface area contributed by atoms with Crippen LogP contribution in [0.3, 0.4) is 0 Å². The summed E-state index contributed by atoms with van der Waals surface area (Å²) in [6.45, 7) is 1.71. The van der Waals surface area contributed by atoms with Crippen LogP contribution in [0.2, 0.25) is 0 Å². The molecule has 1 aromatic rings. The van der Waals surface area contributed by atoms with E-state index in [-0.39, 0.29) is 19.1 Å². The predicted molar refractivity (Wildman–Crippen MR) is 91.4 cm³/mol. The molecular formula is C18H22N2O4. The third kappa shape index (κ3) is 5.17. The van der Waals surface area contributed by atoms with Gasteiger partial charge in [0.15, 0.2) is 17.6 Å². The molecule has 0 aromatic heterocycles. The molecule has 6 nitrogen and oxygen atoms in total. The summed E-state index contributed by atoms with van der Waals surface area (Å²) >= 11 is 0. The molecule has 4 N–H and O–H groups in total. The Bertz CT molecular complexity index is 665. The van der Waals surface area contributed by atoms with Crippen LogP contribution in [0, 0.1) is 0 Å². The summed E-state index contributed by atoms with van der Waals surface area (Å²) in [5.41, 5.74) is 6.44. The molecule has 0 fully saturated rings. The number of rotatable bonds is 7. The molecule has 2 rings (SSSR count). The Labute approximate surface area is 141 Å². The molecule has 0 saturated carbocycles. The first-order chi connectivity index (χ1) is 11.6. The van der Waals surface area contributed by atoms with Crippen molar-refractivity contribution in [3.63, 3.8) is 0 Å². The smallest absolute Gasteiger partial charge is 0.260 e. The zero-order chi connectivity index (χ0) is 17.4. The maximum absolute atomic E-state index is 11.9. The lowest BCUT2D eigenvalue weighted by molar-refractivity contribution is -0.127. The second-order valence-electron chi connectivity index (χ2n) is 5.20. The number of nitrogens with two attached hydrogens (primary N) is 1. The quantitative estimate of drug-likeness (QED) is 0.706. The fraction of sp³-hybridized carbons (Fsp3) is 0.278. The fourth-order valence-electron chi connectivity index (χ4n) is 2.03. The number of ether oxygens (including phenoxy) is 2. The van der Waals surface area contributed by atoms with Crippen LogP contribution in [0.4, 0.5) is 0 Å². The molecule has 0 aliphatic heterocycles. The number of allylic oxidation sites excluding steroid dienone is 4. The first-order valence-corrected chi connectivity index (χ1v) is 7.76. The van der Waals surface area contributed by atoms with Gasteiger partial charge in [-0.1, -0.05) is 18.2 Å². The Kier molecular flexibility index (Phi) is 6.45. The van der Waals surface area contributed by atoms with Gasteiger partial charge in [0.2, 0.25) is 0 Å². The van der Waals surface area contributed by atoms with Crippen LogP contribution in [0.15, 0.2) is 60.0 Å². The van der Waals surface area contributed by atoms with Gasteiger partial charge in [0, 0.05) is 12.2 Å². The zero-order valence-corrected chi connectivity index (χ0v) is 13.6. The summed E-state index contributed by atoms with van der Waals surface area (Å²) in [5.74, 6) is 1.32. The molecule has 0 bridgehead atoms. The van der Waals surface area contributed by atoms with E-state index in [1.807, 2.05) is 18.2 Å². The number of hydrogen-bond donors (Lipinski definition) is 3. The van der Waals surface area contributed by atoms with E-state index in [4.69, 9.17) is 20.3 Å². The summed E-state index contributed by atoms with van der Waals surface area (Å²) in [6, 6.07) is 7.13. The number of para-hydroxylation sites is 2. The van der Waals surface area contributed by atoms with E-state index in [0.29, 0.717) is 29.4 Å². The minimum Gasteiger partial charge on any atom is -0.477 e. The lowest BCUT2D eigenvalue weighted by Crippen LogP contribution is -2.37. The van der Waals surface area contributed by atoms with E-state index < -0.39 is 6.10 Å². The highest BCUT2D eigenvalue weighted by atomic mass is 16.5. The van der Waals surface area contributed by atoms with Crippen LogP contribution in [0.1, 0.15) is 13.3 Å². The summed E-state index contributed by atoms with van der Waals surface area (Å²) in [5, 5.41) is 11.3. The van der Waals surface area contributed by atoms with Crippen molar-refractivity contribution in [3.8, 4) is 11.5 Å². The molecule has 0 radical (unpaired) electrons. The average molecular weight is 330 g/mol. The number of carbonyl (C=O) groups is 1. The minimum atomic E-state index is -0.711. The highest BCUT2D eigenvalue weighted by molar-refractivity contribution is 5.80. The van der Waals surface area contributed by atoms with E-state index in [0.717, 1.165) is 0 Å². The Hall–Kier alpha value is -2.73. The molecule has 6 heteroatoms. The van der Waals surface area contributed by atoms with Crippen molar-refractivity contribution < 1.29 is 19.4 Å². The molecule has 1 aliphatic carbocycles. The number of nitrogens with one attached hydrogen (secondary N) is 1. The zero-order valence-electron chi connectivity index (χ0n) is 13.6. The lowest BCUT2D eigenvalue weighted by Gasteiger charge is -2.17. The van der Waals surface area contributed by atoms with E-state index in [1.165, 1.54) is 0 Å². The van der Waals surface area contributed by atoms with Crippen LogP contribution >= 0.6 is 0 Å². The molecule has 0 saturated heterocycles. The maximum atomic E-state index is 11.9. The third-order valence-corrected chi connectivity index (χ3v) is 3.27. The maximum Gasteiger partial charge on any atom is 0.260 e. The van der Waals surface area contributed by atoms with Crippen LogP contribution in [-0.4, -0.2) is 30.3 Å². The van der Waals surface area contributed by atoms with E-state index in [2.05, 4.69) is 5.32 Å². The average Bonchev–Trinajstić information content (AvgIpc) is 2.78. The number of aliphatic hydroxyl groups is 1. The summed E-state index contributed by atoms with van der Waals surface area (Å²) in [6.07, 6.45) is 7.32. The number of benzene rings is 1. The molecule has 128 valence electrons. The van der Waals surface area contributed by atoms with Gasteiger partial charge in [-0.3, -0.25) is 4.79 Å². The van der Waals surface area contributed by atoms with Crippen molar-refractivity contribution in [2.75, 3.05) is 13.2 Å². The van der Waals surface area contributed by atoms with Gasteiger partial charge in [0.05, 0.1) is 6.61 Å². The molecule has 0 spiro atoms. The summed E-state index contributed by atoms with van der Waals surface area (Å²) in [4.78, 5) is 11.9. The van der Waals surface area contributed by atoms with Crippen molar-refractivity contribution >= 4 is 5.91 Å².